The van der Waals surface area contributed by atoms with Gasteiger partial charge in [-0.15, -0.1) is 0 Å². The summed E-state index contributed by atoms with van der Waals surface area (Å²) in [6.45, 7) is 8.69. The second-order valence-corrected chi connectivity index (χ2v) is 16.2. The van der Waals surface area contributed by atoms with Crippen LogP contribution in [0.5, 0.6) is 11.9 Å². The van der Waals surface area contributed by atoms with E-state index in [9.17, 15) is 23.6 Å². The van der Waals surface area contributed by atoms with Crippen LogP contribution in [0.3, 0.4) is 0 Å². The predicted octanol–water partition coefficient (Wildman–Crippen LogP) is 15.3. The number of carbonyl (C=O) groups is 2. The molecule has 0 atom stereocenters. The van der Waals surface area contributed by atoms with Crippen molar-refractivity contribution in [3.05, 3.63) is 80.1 Å². The Morgan fingerprint density at radius 2 is 0.924 bits per heavy atom. The van der Waals surface area contributed by atoms with E-state index in [2.05, 4.69) is 38.6 Å². The largest absolute Gasteiger partial charge is 0.519 e. The molecule has 0 saturated heterocycles. The summed E-state index contributed by atoms with van der Waals surface area (Å²) in [6.07, 6.45) is 31.2. The third kappa shape index (κ3) is 29.9. The van der Waals surface area contributed by atoms with Crippen LogP contribution < -0.4 is 21.1 Å². The lowest BCUT2D eigenvalue weighted by molar-refractivity contribution is 0.0398. The van der Waals surface area contributed by atoms with Crippen LogP contribution in [-0.4, -0.2) is 37.4 Å². The molecule has 0 spiro atoms. The van der Waals surface area contributed by atoms with E-state index in [1.165, 1.54) is 141 Å². The minimum absolute atomic E-state index is 0. The Hall–Kier alpha value is -4.47. The number of esters is 1. The maximum Gasteiger partial charge on any atom is 0.519 e. The van der Waals surface area contributed by atoms with E-state index in [0.717, 1.165) is 25.7 Å². The van der Waals surface area contributed by atoms with E-state index in [1.54, 1.807) is 26.0 Å². The number of carbonyl (C=O) groups excluding carboxylic acids is 1. The monoisotopic (exact) mass is 1000 g/mol. The Kier molecular flexibility index (Phi) is 36.8. The first-order valence-corrected chi connectivity index (χ1v) is 24.6. The van der Waals surface area contributed by atoms with Crippen LogP contribution in [0.4, 0.5) is 4.39 Å². The number of alkyl halides is 2. The number of aromatic carboxylic acids is 1. The average molecular weight is 1010 g/mol. The highest BCUT2D eigenvalue weighted by Crippen LogP contribution is 2.20. The molecule has 4 rings (SSSR count). The summed E-state index contributed by atoms with van der Waals surface area (Å²) in [5.41, 5.74) is 0. The molecule has 0 aliphatic heterocycles. The van der Waals surface area contributed by atoms with E-state index in [4.69, 9.17) is 38.4 Å². The van der Waals surface area contributed by atoms with Gasteiger partial charge in [0, 0.05) is 12.1 Å². The maximum atomic E-state index is 12.0. The molecule has 0 aliphatic rings. The minimum atomic E-state index is -1.06. The van der Waals surface area contributed by atoms with Gasteiger partial charge in [0.2, 0.25) is 11.5 Å². The second kappa shape index (κ2) is 40.8. The van der Waals surface area contributed by atoms with Gasteiger partial charge in [-0.2, -0.15) is 0 Å². The van der Waals surface area contributed by atoms with E-state index in [0.29, 0.717) is 42.0 Å². The molecular formula is C50H80BrFO14. The summed E-state index contributed by atoms with van der Waals surface area (Å²) < 4.78 is 60.6. The van der Waals surface area contributed by atoms with Crippen molar-refractivity contribution in [1.82, 2.24) is 0 Å². The Morgan fingerprint density at radius 1 is 0.576 bits per heavy atom. The molecule has 0 unspecified atom stereocenters. The summed E-state index contributed by atoms with van der Waals surface area (Å²) in [5.74, 6) is -1.09. The van der Waals surface area contributed by atoms with Crippen molar-refractivity contribution < 1.29 is 61.2 Å². The topological polar surface area (TPSA) is 195 Å². The first-order chi connectivity index (χ1) is 32.0. The summed E-state index contributed by atoms with van der Waals surface area (Å²) in [6, 6.07) is 6.07. The third-order valence-electron chi connectivity index (χ3n) is 10.2. The van der Waals surface area contributed by atoms with Crippen molar-refractivity contribution in [2.45, 2.75) is 201 Å². The molecule has 0 saturated carbocycles. The maximum absolute atomic E-state index is 12.0. The number of unbranched alkanes of at least 4 members (excludes halogenated alkanes) is 22. The highest BCUT2D eigenvalue weighted by molar-refractivity contribution is 9.08. The van der Waals surface area contributed by atoms with Crippen molar-refractivity contribution in [1.29, 1.82) is 0 Å². The van der Waals surface area contributed by atoms with Crippen LogP contribution in [0.15, 0.2) is 60.4 Å². The summed E-state index contributed by atoms with van der Waals surface area (Å²) in [4.78, 5) is 44.0. The van der Waals surface area contributed by atoms with E-state index in [-0.39, 0.29) is 37.1 Å². The van der Waals surface area contributed by atoms with Crippen molar-refractivity contribution in [2.75, 3.05) is 20.4 Å². The van der Waals surface area contributed by atoms with Gasteiger partial charge in [-0.25, -0.2) is 19.2 Å². The lowest BCUT2D eigenvalue weighted by atomic mass is 10.1. The molecule has 1 N–H and O–H groups in total. The van der Waals surface area contributed by atoms with Crippen LogP contribution in [-0.2, 0) is 16.7 Å². The van der Waals surface area contributed by atoms with Crippen molar-refractivity contribution >= 4 is 27.9 Å². The van der Waals surface area contributed by atoms with Gasteiger partial charge in [0.1, 0.15) is 5.76 Å². The van der Waals surface area contributed by atoms with Crippen LogP contribution >= 0.6 is 15.9 Å². The van der Waals surface area contributed by atoms with Gasteiger partial charge in [0.15, 0.2) is 23.9 Å². The van der Waals surface area contributed by atoms with Gasteiger partial charge in [0.05, 0.1) is 27.1 Å². The van der Waals surface area contributed by atoms with E-state index >= 15 is 0 Å². The summed E-state index contributed by atoms with van der Waals surface area (Å²) in [5, 5.41) is 9.25. The first-order valence-electron chi connectivity index (χ1n) is 24.2. The Morgan fingerprint density at radius 3 is 1.24 bits per heavy atom. The zero-order valence-electron chi connectivity index (χ0n) is 40.3. The molecule has 0 fully saturated rings. The highest BCUT2D eigenvalue weighted by Gasteiger charge is 2.17. The SMILES string of the molecule is C.CCCCCCCCCCCCCCOc1ccc(C(=O)O)o1.CCCCCCCCCCCCCCOc1ccc(C(=O)OCc2oc(=O)oc2C)o1.Cc1oc(=O)oc1CBr.[2H]CF. The zero-order valence-corrected chi connectivity index (χ0v) is 40.9. The fourth-order valence-corrected chi connectivity index (χ4v) is 6.97. The van der Waals surface area contributed by atoms with Gasteiger partial charge < -0.3 is 45.8 Å². The molecular weight excluding hydrogens is 923 g/mol. The Bertz CT molecular complexity index is 1890. The number of hydrogen-bond acceptors (Lipinski definition) is 13. The number of carboxylic acids is 1. The van der Waals surface area contributed by atoms with Crippen LogP contribution in [0.1, 0.15) is 221 Å². The van der Waals surface area contributed by atoms with Gasteiger partial charge in [-0.1, -0.05) is 178 Å². The minimum Gasteiger partial charge on any atom is -0.475 e. The van der Waals surface area contributed by atoms with Gasteiger partial charge >= 0.3 is 23.6 Å². The number of halogens is 2. The number of aryl methyl sites for hydroxylation is 2. The smallest absolute Gasteiger partial charge is 0.475 e. The molecule has 4 aromatic heterocycles. The fourth-order valence-electron chi connectivity index (χ4n) is 6.46. The molecule has 4 aromatic rings. The predicted molar refractivity (Wildman–Crippen MR) is 257 cm³/mol. The average Bonchev–Trinajstić information content (AvgIpc) is 4.11. The van der Waals surface area contributed by atoms with Gasteiger partial charge in [0.25, 0.3) is 11.9 Å². The zero-order chi connectivity index (χ0) is 48.6. The lowest BCUT2D eigenvalue weighted by Gasteiger charge is -2.04. The third-order valence-corrected chi connectivity index (χ3v) is 10.7. The number of carboxylic acid groups (broad SMARTS) is 1. The molecule has 0 aromatic carbocycles. The number of ether oxygens (including phenoxy) is 3. The molecule has 66 heavy (non-hydrogen) atoms. The summed E-state index contributed by atoms with van der Waals surface area (Å²) >= 11 is 3.13. The standard InChI is InChI=1S/C24H36O7.C19H32O4.C5H5BrO3.CH3F.CH4/c1-3-4-5-6-7-8-9-10-11-12-13-14-17-27-22-16-15-20(30-22)23(25)28-18-21-19(2)29-24(26)31-21;1-2-3-4-5-6-7-8-9-10-11-12-13-16-22-18-15-14-17(23-18)19(20)21;1-3-4(2-6)9-5(7)8-3;1-2;/h15-16H,3-14,17-18H2,1-2H3;14-15H,2-13,16H2,1H3,(H,20,21);2H2,1H3;1H3;1H4/i;;;1D;. The Balaban J connectivity index is 0.00000105. The molecule has 4 heterocycles. The Labute approximate surface area is 401 Å². The summed E-state index contributed by atoms with van der Waals surface area (Å²) in [7, 11) is -1.00. The second-order valence-electron chi connectivity index (χ2n) is 15.6. The molecule has 0 bridgehead atoms. The number of furan rings is 2. The lowest BCUT2D eigenvalue weighted by Crippen LogP contribution is -2.04. The molecule has 14 nitrogen and oxygen atoms in total. The molecule has 378 valence electrons. The molecule has 16 heteroatoms. The normalized spacial score (nSPS) is 10.6. The first kappa shape index (κ1) is 59.5. The van der Waals surface area contributed by atoms with Crippen molar-refractivity contribution in [2.24, 2.45) is 0 Å². The van der Waals surface area contributed by atoms with Gasteiger partial charge in [-0.3, -0.25) is 4.39 Å². The number of hydrogen-bond donors (Lipinski definition) is 1. The van der Waals surface area contributed by atoms with Crippen LogP contribution in [0.25, 0.3) is 0 Å². The van der Waals surface area contributed by atoms with E-state index in [1.807, 2.05) is 0 Å². The van der Waals surface area contributed by atoms with E-state index < -0.39 is 30.7 Å². The molecule has 0 radical (unpaired) electrons. The van der Waals surface area contributed by atoms with Crippen molar-refractivity contribution in [3.8, 4) is 11.9 Å². The molecule has 0 aliphatic carbocycles. The van der Waals surface area contributed by atoms with Crippen LogP contribution in [0, 0.1) is 13.8 Å². The quantitative estimate of drug-likeness (QED) is 0.0269. The van der Waals surface area contributed by atoms with Crippen LogP contribution in [0.2, 0.25) is 0 Å². The van der Waals surface area contributed by atoms with Gasteiger partial charge in [-0.05, 0) is 38.8 Å². The molecule has 0 amide bonds. The fraction of sp³-hybridized carbons (Fsp3) is 0.680. The highest BCUT2D eigenvalue weighted by atomic mass is 79.9. The number of rotatable bonds is 33. The van der Waals surface area contributed by atoms with Crippen molar-refractivity contribution in [3.63, 3.8) is 0 Å².